The van der Waals surface area contributed by atoms with E-state index in [1.807, 2.05) is 75.4 Å². The summed E-state index contributed by atoms with van der Waals surface area (Å²) in [6.07, 6.45) is 2.09. The van der Waals surface area contributed by atoms with Crippen LogP contribution in [-0.4, -0.2) is 35.4 Å². The number of hydrogen-bond acceptors (Lipinski definition) is 3. The van der Waals surface area contributed by atoms with Crippen LogP contribution < -0.4 is 10.1 Å². The second-order valence-electron chi connectivity index (χ2n) is 8.31. The predicted octanol–water partition coefficient (Wildman–Crippen LogP) is 3.79. The maximum absolute atomic E-state index is 13.1. The summed E-state index contributed by atoms with van der Waals surface area (Å²) in [5.41, 5.74) is 2.35. The number of methoxy groups -OCH3 is 1. The molecule has 0 aliphatic carbocycles. The maximum atomic E-state index is 13.1. The molecule has 2 aromatic carbocycles. The Morgan fingerprint density at radius 2 is 1.86 bits per heavy atom. The van der Waals surface area contributed by atoms with E-state index in [4.69, 9.17) is 4.74 Å². The number of rotatable bonds is 5. The molecule has 2 aromatic rings. The Morgan fingerprint density at radius 3 is 2.52 bits per heavy atom. The van der Waals surface area contributed by atoms with Gasteiger partial charge in [0.15, 0.2) is 0 Å². The first-order valence-electron chi connectivity index (χ1n) is 9.78. The van der Waals surface area contributed by atoms with E-state index >= 15 is 0 Å². The minimum atomic E-state index is -0.576. The van der Waals surface area contributed by atoms with Crippen LogP contribution in [0.5, 0.6) is 5.75 Å². The van der Waals surface area contributed by atoms with Crippen LogP contribution in [0.4, 0.5) is 0 Å². The molecule has 0 spiro atoms. The van der Waals surface area contributed by atoms with Crippen LogP contribution >= 0.6 is 0 Å². The van der Waals surface area contributed by atoms with Crippen LogP contribution in [0.2, 0.25) is 0 Å². The SMILES string of the molecule is COc1cccc(C2=CC(=O)N(Cc3ccccc3)C(C(=O)NC(C)(C)C)C2)c1. The van der Waals surface area contributed by atoms with Crippen LogP contribution in [0.3, 0.4) is 0 Å². The number of nitrogens with zero attached hydrogens (tertiary/aromatic N) is 1. The standard InChI is InChI=1S/C24H28N2O3/c1-24(2,3)25-23(28)21-14-19(18-11-8-12-20(13-18)29-4)15-22(27)26(21)16-17-9-6-5-7-10-17/h5-13,15,21H,14,16H2,1-4H3,(H,25,28). The average molecular weight is 392 g/mol. The van der Waals surface area contributed by atoms with E-state index in [1.54, 1.807) is 18.1 Å². The Bertz CT molecular complexity index is 913. The summed E-state index contributed by atoms with van der Waals surface area (Å²) in [5.74, 6) is 0.417. The zero-order chi connectivity index (χ0) is 21.0. The number of carbonyl (C=O) groups excluding carboxylic acids is 2. The molecule has 5 heteroatoms. The van der Waals surface area contributed by atoms with Crippen molar-refractivity contribution in [2.24, 2.45) is 0 Å². The highest BCUT2D eigenvalue weighted by Gasteiger charge is 2.35. The number of hydrogen-bond donors (Lipinski definition) is 1. The Balaban J connectivity index is 1.94. The largest absolute Gasteiger partial charge is 0.497 e. The van der Waals surface area contributed by atoms with Crippen molar-refractivity contribution < 1.29 is 14.3 Å². The minimum absolute atomic E-state index is 0.143. The molecule has 0 fully saturated rings. The Hall–Kier alpha value is -3.08. The second-order valence-corrected chi connectivity index (χ2v) is 8.31. The van der Waals surface area contributed by atoms with E-state index in [2.05, 4.69) is 5.32 Å². The normalized spacial score (nSPS) is 17.0. The van der Waals surface area contributed by atoms with Gasteiger partial charge in [-0.05, 0) is 49.6 Å². The third-order valence-electron chi connectivity index (χ3n) is 4.81. The van der Waals surface area contributed by atoms with Crippen molar-refractivity contribution in [2.75, 3.05) is 7.11 Å². The number of benzene rings is 2. The lowest BCUT2D eigenvalue weighted by Gasteiger charge is -2.36. The fourth-order valence-corrected chi connectivity index (χ4v) is 3.44. The molecule has 5 nitrogen and oxygen atoms in total. The fraction of sp³-hybridized carbons (Fsp3) is 0.333. The molecular formula is C24H28N2O3. The van der Waals surface area contributed by atoms with Crippen LogP contribution in [0, 0.1) is 0 Å². The summed E-state index contributed by atoms with van der Waals surface area (Å²) in [6, 6.07) is 16.7. The molecule has 1 aliphatic rings. The van der Waals surface area contributed by atoms with Crippen LogP contribution in [-0.2, 0) is 16.1 Å². The smallest absolute Gasteiger partial charge is 0.247 e. The van der Waals surface area contributed by atoms with Gasteiger partial charge in [0.05, 0.1) is 7.11 Å². The Morgan fingerprint density at radius 1 is 1.14 bits per heavy atom. The first-order valence-corrected chi connectivity index (χ1v) is 9.78. The number of carbonyl (C=O) groups is 2. The average Bonchev–Trinajstić information content (AvgIpc) is 2.68. The highest BCUT2D eigenvalue weighted by Crippen LogP contribution is 2.30. The summed E-state index contributed by atoms with van der Waals surface area (Å²) in [5, 5.41) is 3.04. The topological polar surface area (TPSA) is 58.6 Å². The van der Waals surface area contributed by atoms with Gasteiger partial charge in [-0.25, -0.2) is 0 Å². The first-order chi connectivity index (χ1) is 13.8. The van der Waals surface area contributed by atoms with Crippen molar-refractivity contribution in [3.8, 4) is 5.75 Å². The number of nitrogens with one attached hydrogen (secondary N) is 1. The molecule has 2 amide bonds. The third-order valence-corrected chi connectivity index (χ3v) is 4.81. The number of ether oxygens (including phenoxy) is 1. The summed E-state index contributed by atoms with van der Waals surface area (Å²) >= 11 is 0. The molecule has 3 rings (SSSR count). The zero-order valence-electron chi connectivity index (χ0n) is 17.4. The third kappa shape index (κ3) is 5.25. The lowest BCUT2D eigenvalue weighted by Crippen LogP contribution is -2.54. The molecule has 0 saturated carbocycles. The van der Waals surface area contributed by atoms with E-state index in [-0.39, 0.29) is 17.4 Å². The molecule has 29 heavy (non-hydrogen) atoms. The van der Waals surface area contributed by atoms with Crippen LogP contribution in [0.1, 0.15) is 38.3 Å². The monoisotopic (exact) mass is 392 g/mol. The Kier molecular flexibility index (Phi) is 6.06. The molecular weight excluding hydrogens is 364 g/mol. The van der Waals surface area contributed by atoms with Crippen molar-refractivity contribution in [2.45, 2.75) is 45.3 Å². The van der Waals surface area contributed by atoms with Gasteiger partial charge in [-0.3, -0.25) is 9.59 Å². The van der Waals surface area contributed by atoms with Crippen molar-refractivity contribution >= 4 is 17.4 Å². The molecule has 1 N–H and O–H groups in total. The maximum Gasteiger partial charge on any atom is 0.247 e. The fourth-order valence-electron chi connectivity index (χ4n) is 3.44. The van der Waals surface area contributed by atoms with Gasteiger partial charge < -0.3 is 15.0 Å². The van der Waals surface area contributed by atoms with Crippen LogP contribution in [0.15, 0.2) is 60.7 Å². The van der Waals surface area contributed by atoms with Crippen molar-refractivity contribution in [3.63, 3.8) is 0 Å². The summed E-state index contributed by atoms with van der Waals surface area (Å²) < 4.78 is 5.31. The minimum Gasteiger partial charge on any atom is -0.497 e. The summed E-state index contributed by atoms with van der Waals surface area (Å²) in [6.45, 7) is 6.21. The molecule has 1 atom stereocenters. The lowest BCUT2D eigenvalue weighted by molar-refractivity contribution is -0.139. The van der Waals surface area contributed by atoms with Gasteiger partial charge in [-0.15, -0.1) is 0 Å². The van der Waals surface area contributed by atoms with Crippen molar-refractivity contribution in [1.82, 2.24) is 10.2 Å². The molecule has 1 heterocycles. The Labute approximate surface area is 172 Å². The molecule has 1 unspecified atom stereocenters. The van der Waals surface area contributed by atoms with Gasteiger partial charge >= 0.3 is 0 Å². The first kappa shape index (κ1) is 20.6. The molecule has 1 aliphatic heterocycles. The van der Waals surface area contributed by atoms with Crippen LogP contribution in [0.25, 0.3) is 5.57 Å². The van der Waals surface area contributed by atoms with E-state index in [9.17, 15) is 9.59 Å². The van der Waals surface area contributed by atoms with Crippen molar-refractivity contribution in [3.05, 3.63) is 71.8 Å². The second kappa shape index (κ2) is 8.52. The van der Waals surface area contributed by atoms with E-state index in [1.165, 1.54) is 0 Å². The van der Waals surface area contributed by atoms with E-state index in [0.717, 1.165) is 22.4 Å². The zero-order valence-corrected chi connectivity index (χ0v) is 17.4. The predicted molar refractivity (Wildman–Crippen MR) is 114 cm³/mol. The van der Waals surface area contributed by atoms with Gasteiger partial charge in [0.25, 0.3) is 0 Å². The van der Waals surface area contributed by atoms with Gasteiger partial charge in [0.1, 0.15) is 11.8 Å². The highest BCUT2D eigenvalue weighted by molar-refractivity contribution is 6.02. The highest BCUT2D eigenvalue weighted by atomic mass is 16.5. The van der Waals surface area contributed by atoms with Crippen molar-refractivity contribution in [1.29, 1.82) is 0 Å². The molecule has 0 radical (unpaired) electrons. The summed E-state index contributed by atoms with van der Waals surface area (Å²) in [4.78, 5) is 27.8. The lowest BCUT2D eigenvalue weighted by atomic mass is 9.92. The molecule has 0 bridgehead atoms. The molecule has 0 aromatic heterocycles. The molecule has 0 saturated heterocycles. The number of amides is 2. The van der Waals surface area contributed by atoms with Gasteiger partial charge in [-0.2, -0.15) is 0 Å². The van der Waals surface area contributed by atoms with E-state index < -0.39 is 6.04 Å². The van der Waals surface area contributed by atoms with E-state index in [0.29, 0.717) is 13.0 Å². The quantitative estimate of drug-likeness (QED) is 0.842. The van der Waals surface area contributed by atoms with Gasteiger partial charge in [-0.1, -0.05) is 42.5 Å². The summed E-state index contributed by atoms with van der Waals surface area (Å²) in [7, 11) is 1.61. The molecule has 152 valence electrons. The van der Waals surface area contributed by atoms with Gasteiger partial charge in [0, 0.05) is 24.6 Å². The van der Waals surface area contributed by atoms with Gasteiger partial charge in [0.2, 0.25) is 11.8 Å².